The lowest BCUT2D eigenvalue weighted by Crippen LogP contribution is -2.13. The average molecular weight is 162 g/mol. The SMILES string of the molecule is C#CC(C)(C)c1ccc(F)cc1. The van der Waals surface area contributed by atoms with Gasteiger partial charge in [0.25, 0.3) is 0 Å². The predicted octanol–water partition coefficient (Wildman–Crippen LogP) is 2.74. The molecule has 0 fully saturated rings. The number of hydrogen-bond acceptors (Lipinski definition) is 0. The molecule has 0 nitrogen and oxygen atoms in total. The fourth-order valence-electron chi connectivity index (χ4n) is 0.950. The number of rotatable bonds is 1. The minimum atomic E-state index is -0.312. The maximum absolute atomic E-state index is 12.5. The van der Waals surface area contributed by atoms with E-state index in [1.165, 1.54) is 12.1 Å². The molecule has 0 atom stereocenters. The maximum Gasteiger partial charge on any atom is 0.123 e. The van der Waals surface area contributed by atoms with E-state index in [2.05, 4.69) is 5.92 Å². The van der Waals surface area contributed by atoms with Gasteiger partial charge in [-0.2, -0.15) is 0 Å². The normalized spacial score (nSPS) is 10.8. The molecular weight excluding hydrogens is 151 g/mol. The van der Waals surface area contributed by atoms with Crippen LogP contribution in [-0.4, -0.2) is 0 Å². The van der Waals surface area contributed by atoms with Crippen molar-refractivity contribution in [1.29, 1.82) is 0 Å². The van der Waals surface area contributed by atoms with E-state index in [1.54, 1.807) is 12.1 Å². The highest BCUT2D eigenvalue weighted by Crippen LogP contribution is 2.21. The zero-order chi connectivity index (χ0) is 9.19. The molecule has 0 radical (unpaired) electrons. The Balaban J connectivity index is 3.07. The van der Waals surface area contributed by atoms with Gasteiger partial charge in [0.2, 0.25) is 0 Å². The molecule has 0 saturated carbocycles. The van der Waals surface area contributed by atoms with Crippen molar-refractivity contribution < 1.29 is 4.39 Å². The van der Waals surface area contributed by atoms with Crippen LogP contribution in [-0.2, 0) is 5.41 Å². The van der Waals surface area contributed by atoms with Crippen molar-refractivity contribution >= 4 is 0 Å². The summed E-state index contributed by atoms with van der Waals surface area (Å²) in [7, 11) is 0. The Morgan fingerprint density at radius 1 is 1.25 bits per heavy atom. The Morgan fingerprint density at radius 2 is 1.75 bits per heavy atom. The van der Waals surface area contributed by atoms with Crippen molar-refractivity contribution in [3.63, 3.8) is 0 Å². The minimum absolute atomic E-state index is 0.230. The Labute approximate surface area is 72.4 Å². The van der Waals surface area contributed by atoms with Gasteiger partial charge in [-0.25, -0.2) is 4.39 Å². The zero-order valence-corrected chi connectivity index (χ0v) is 7.26. The van der Waals surface area contributed by atoms with E-state index in [0.29, 0.717) is 0 Å². The molecule has 0 aliphatic rings. The van der Waals surface area contributed by atoms with Gasteiger partial charge in [-0.15, -0.1) is 6.42 Å². The number of benzene rings is 1. The van der Waals surface area contributed by atoms with Crippen LogP contribution in [0.15, 0.2) is 24.3 Å². The van der Waals surface area contributed by atoms with Gasteiger partial charge in [0.15, 0.2) is 0 Å². The number of terminal acetylenes is 1. The van der Waals surface area contributed by atoms with Crippen LogP contribution in [0.2, 0.25) is 0 Å². The van der Waals surface area contributed by atoms with Crippen LogP contribution in [0.25, 0.3) is 0 Å². The Bertz CT molecular complexity index is 301. The first-order valence-electron chi connectivity index (χ1n) is 3.80. The summed E-state index contributed by atoms with van der Waals surface area (Å²) in [5.74, 6) is 2.42. The largest absolute Gasteiger partial charge is 0.207 e. The molecule has 0 spiro atoms. The molecule has 62 valence electrons. The fourth-order valence-corrected chi connectivity index (χ4v) is 0.950. The average Bonchev–Trinajstić information content (AvgIpc) is 2.05. The summed E-state index contributed by atoms with van der Waals surface area (Å²) in [5, 5.41) is 0. The summed E-state index contributed by atoms with van der Waals surface area (Å²) >= 11 is 0. The van der Waals surface area contributed by atoms with Gasteiger partial charge in [-0.1, -0.05) is 18.1 Å². The van der Waals surface area contributed by atoms with Crippen molar-refractivity contribution in [3.8, 4) is 12.3 Å². The summed E-state index contributed by atoms with van der Waals surface area (Å²) < 4.78 is 12.5. The monoisotopic (exact) mass is 162 g/mol. The highest BCUT2D eigenvalue weighted by atomic mass is 19.1. The quantitative estimate of drug-likeness (QED) is 0.557. The Kier molecular flexibility index (Phi) is 2.19. The fraction of sp³-hybridized carbons (Fsp3) is 0.273. The standard InChI is InChI=1S/C11H11F/c1-4-11(2,3)9-5-7-10(12)8-6-9/h1,5-8H,2-3H3. The van der Waals surface area contributed by atoms with E-state index in [1.807, 2.05) is 13.8 Å². The minimum Gasteiger partial charge on any atom is -0.207 e. The van der Waals surface area contributed by atoms with E-state index in [-0.39, 0.29) is 11.2 Å². The van der Waals surface area contributed by atoms with Crippen LogP contribution >= 0.6 is 0 Å². The molecule has 0 aromatic heterocycles. The van der Waals surface area contributed by atoms with Crippen LogP contribution in [0.1, 0.15) is 19.4 Å². The third kappa shape index (κ3) is 1.65. The molecule has 1 rings (SSSR count). The molecule has 0 aliphatic heterocycles. The summed E-state index contributed by atoms with van der Waals surface area (Å²) in [5.41, 5.74) is 0.652. The molecule has 0 unspecified atom stereocenters. The first kappa shape index (κ1) is 8.80. The molecule has 0 N–H and O–H groups in total. The van der Waals surface area contributed by atoms with Gasteiger partial charge < -0.3 is 0 Å². The van der Waals surface area contributed by atoms with Crippen LogP contribution < -0.4 is 0 Å². The third-order valence-corrected chi connectivity index (χ3v) is 1.93. The number of halogens is 1. The lowest BCUT2D eigenvalue weighted by atomic mass is 9.86. The molecular formula is C11H11F. The van der Waals surface area contributed by atoms with Gasteiger partial charge in [0.05, 0.1) is 5.41 Å². The van der Waals surface area contributed by atoms with Crippen molar-refractivity contribution in [2.75, 3.05) is 0 Å². The van der Waals surface area contributed by atoms with Crippen molar-refractivity contribution in [2.24, 2.45) is 0 Å². The molecule has 0 heterocycles. The molecule has 0 aliphatic carbocycles. The molecule has 12 heavy (non-hydrogen) atoms. The predicted molar refractivity (Wildman–Crippen MR) is 48.3 cm³/mol. The molecule has 0 bridgehead atoms. The van der Waals surface area contributed by atoms with Crippen molar-refractivity contribution in [2.45, 2.75) is 19.3 Å². The summed E-state index contributed by atoms with van der Waals surface area (Å²) in [4.78, 5) is 0. The second-order valence-corrected chi connectivity index (χ2v) is 3.28. The van der Waals surface area contributed by atoms with Crippen molar-refractivity contribution in [1.82, 2.24) is 0 Å². The zero-order valence-electron chi connectivity index (χ0n) is 7.26. The van der Waals surface area contributed by atoms with Crippen molar-refractivity contribution in [3.05, 3.63) is 35.6 Å². The van der Waals surface area contributed by atoms with Crippen LogP contribution in [0.3, 0.4) is 0 Å². The van der Waals surface area contributed by atoms with E-state index in [4.69, 9.17) is 6.42 Å². The van der Waals surface area contributed by atoms with Gasteiger partial charge in [-0.3, -0.25) is 0 Å². The molecule has 1 aromatic carbocycles. The van der Waals surface area contributed by atoms with E-state index < -0.39 is 0 Å². The third-order valence-electron chi connectivity index (χ3n) is 1.93. The number of hydrogen-bond donors (Lipinski definition) is 0. The van der Waals surface area contributed by atoms with E-state index in [9.17, 15) is 4.39 Å². The Morgan fingerprint density at radius 3 is 2.17 bits per heavy atom. The van der Waals surface area contributed by atoms with Gasteiger partial charge in [0.1, 0.15) is 5.82 Å². The molecule has 1 aromatic rings. The summed E-state index contributed by atoms with van der Waals surface area (Å²) in [6, 6.07) is 6.28. The topological polar surface area (TPSA) is 0 Å². The summed E-state index contributed by atoms with van der Waals surface area (Å²) in [6.45, 7) is 3.86. The lowest BCUT2D eigenvalue weighted by Gasteiger charge is -2.17. The molecule has 0 saturated heterocycles. The van der Waals surface area contributed by atoms with E-state index >= 15 is 0 Å². The Hall–Kier alpha value is -1.29. The second kappa shape index (κ2) is 2.98. The van der Waals surface area contributed by atoms with Crippen LogP contribution in [0.5, 0.6) is 0 Å². The van der Waals surface area contributed by atoms with Crippen LogP contribution in [0.4, 0.5) is 4.39 Å². The highest BCUT2D eigenvalue weighted by Gasteiger charge is 2.16. The van der Waals surface area contributed by atoms with Gasteiger partial charge >= 0.3 is 0 Å². The van der Waals surface area contributed by atoms with E-state index in [0.717, 1.165) is 5.56 Å². The molecule has 0 amide bonds. The summed E-state index contributed by atoms with van der Waals surface area (Å²) in [6.07, 6.45) is 5.33. The van der Waals surface area contributed by atoms with Gasteiger partial charge in [0, 0.05) is 0 Å². The second-order valence-electron chi connectivity index (χ2n) is 3.28. The first-order chi connectivity index (χ1) is 5.56. The van der Waals surface area contributed by atoms with Crippen LogP contribution in [0, 0.1) is 18.2 Å². The van der Waals surface area contributed by atoms with Gasteiger partial charge in [-0.05, 0) is 31.5 Å². The lowest BCUT2D eigenvalue weighted by molar-refractivity contribution is 0.622. The highest BCUT2D eigenvalue weighted by molar-refractivity contribution is 5.31. The smallest absolute Gasteiger partial charge is 0.123 e. The maximum atomic E-state index is 12.5. The molecule has 1 heteroatoms. The first-order valence-corrected chi connectivity index (χ1v) is 3.80.